The number of anilines is 2. The van der Waals surface area contributed by atoms with E-state index < -0.39 is 0 Å². The van der Waals surface area contributed by atoms with Gasteiger partial charge < -0.3 is 20.1 Å². The summed E-state index contributed by atoms with van der Waals surface area (Å²) in [6.45, 7) is 9.44. The highest BCUT2D eigenvalue weighted by Gasteiger charge is 2.31. The van der Waals surface area contributed by atoms with Crippen LogP contribution in [0.4, 0.5) is 16.6 Å². The highest BCUT2D eigenvalue weighted by atomic mass is 35.5. The van der Waals surface area contributed by atoms with Crippen molar-refractivity contribution in [2.75, 3.05) is 23.4 Å². The maximum atomic E-state index is 13.6. The van der Waals surface area contributed by atoms with Gasteiger partial charge >= 0.3 is 6.03 Å². The van der Waals surface area contributed by atoms with Crippen molar-refractivity contribution in [2.24, 2.45) is 0 Å². The van der Waals surface area contributed by atoms with Gasteiger partial charge in [0.25, 0.3) is 0 Å². The van der Waals surface area contributed by atoms with Crippen molar-refractivity contribution in [1.82, 2.24) is 29.7 Å². The number of aliphatic hydroxyl groups is 1. The number of piperidine rings is 1. The second-order valence-electron chi connectivity index (χ2n) is 14.4. The fraction of sp³-hybridized carbons (Fsp3) is 0.421. The van der Waals surface area contributed by atoms with E-state index >= 15 is 0 Å². The number of benzene rings is 2. The molecule has 0 saturated carbocycles. The maximum absolute atomic E-state index is 13.6. The van der Waals surface area contributed by atoms with Crippen LogP contribution in [0.15, 0.2) is 66.9 Å². The summed E-state index contributed by atoms with van der Waals surface area (Å²) >= 11 is 6.39. The van der Waals surface area contributed by atoms with Crippen LogP contribution in [0.1, 0.15) is 94.3 Å². The molecule has 2 aromatic carbocycles. The van der Waals surface area contributed by atoms with E-state index in [9.17, 15) is 9.90 Å². The average molecular weight is 697 g/mol. The lowest BCUT2D eigenvalue weighted by Crippen LogP contribution is -2.38. The van der Waals surface area contributed by atoms with E-state index in [1.165, 1.54) is 6.42 Å². The molecule has 3 atom stereocenters. The fourth-order valence-corrected chi connectivity index (χ4v) is 7.27. The molecule has 12 heteroatoms. The first-order chi connectivity index (χ1) is 24.1. The number of carbonyl (C=O) groups is 1. The molecule has 0 spiro atoms. The van der Waals surface area contributed by atoms with Gasteiger partial charge in [0.2, 0.25) is 5.95 Å². The van der Waals surface area contributed by atoms with E-state index in [2.05, 4.69) is 65.6 Å². The third-order valence-corrected chi connectivity index (χ3v) is 10.2. The second kappa shape index (κ2) is 14.0. The van der Waals surface area contributed by atoms with E-state index in [1.807, 2.05) is 53.1 Å². The Morgan fingerprint density at radius 2 is 1.84 bits per heavy atom. The van der Waals surface area contributed by atoms with Crippen LogP contribution in [-0.2, 0) is 11.8 Å². The Bertz CT molecular complexity index is 2000. The van der Waals surface area contributed by atoms with Crippen LogP contribution in [-0.4, -0.2) is 54.7 Å². The lowest BCUT2D eigenvalue weighted by Gasteiger charge is -2.33. The number of hydrogen-bond acceptors (Lipinski definition) is 7. The van der Waals surface area contributed by atoms with Gasteiger partial charge in [0.1, 0.15) is 17.7 Å². The molecule has 3 aromatic heterocycles. The van der Waals surface area contributed by atoms with Crippen LogP contribution in [0.5, 0.6) is 5.75 Å². The Labute approximate surface area is 297 Å². The third-order valence-electron chi connectivity index (χ3n) is 9.81. The van der Waals surface area contributed by atoms with Crippen LogP contribution in [0.2, 0.25) is 5.02 Å². The number of amides is 2. The number of hydrogen-bond donors (Lipinski definition) is 3. The molecule has 50 heavy (non-hydrogen) atoms. The van der Waals surface area contributed by atoms with Crippen molar-refractivity contribution in [2.45, 2.75) is 89.8 Å². The molecule has 2 amide bonds. The molecule has 5 aromatic rings. The molecule has 262 valence electrons. The van der Waals surface area contributed by atoms with Gasteiger partial charge in [-0.1, -0.05) is 56.6 Å². The minimum atomic E-state index is -0.326. The van der Waals surface area contributed by atoms with E-state index in [-0.39, 0.29) is 30.2 Å². The first-order valence-corrected chi connectivity index (χ1v) is 17.9. The summed E-state index contributed by atoms with van der Waals surface area (Å²) in [5, 5.41) is 30.2. The highest BCUT2D eigenvalue weighted by Crippen LogP contribution is 2.39. The minimum Gasteiger partial charge on any atom is -0.484 e. The van der Waals surface area contributed by atoms with Crippen molar-refractivity contribution in [3.8, 4) is 11.4 Å². The normalized spacial score (nSPS) is 19.3. The predicted octanol–water partition coefficient (Wildman–Crippen LogP) is 7.56. The Morgan fingerprint density at radius 1 is 1.02 bits per heavy atom. The minimum absolute atomic E-state index is 0.0197. The topological polar surface area (TPSA) is 122 Å². The van der Waals surface area contributed by atoms with Gasteiger partial charge in [-0.2, -0.15) is 5.10 Å². The SMILES string of the molecule is CC1CCCCN1c1nnc2ccc(O[C@@H]3CC[C@H](NC(=O)Nc4cc(C(C)(C)C)nn4-c4ccc(Cl)c(CCO)c4)c4ccccc43)cn12. The monoisotopic (exact) mass is 696 g/mol. The van der Waals surface area contributed by atoms with Crippen molar-refractivity contribution < 1.29 is 14.6 Å². The number of carbonyl (C=O) groups excluding carboxylic acids is 1. The maximum Gasteiger partial charge on any atom is 0.320 e. The van der Waals surface area contributed by atoms with Crippen LogP contribution in [0.3, 0.4) is 0 Å². The number of nitrogens with one attached hydrogen (secondary N) is 2. The molecule has 0 radical (unpaired) electrons. The standard InChI is InChI=1S/C38H45ClN8O3/c1-24-9-7-8-19-45(24)37-43-42-34-17-13-27(23-46(34)37)50-32-16-15-31(28-10-5-6-11-29(28)32)40-36(49)41-35-22-33(38(2,3)4)44-47(35)26-12-14-30(39)25(21-26)18-20-48/h5-6,10-14,17,21-24,31-32,48H,7-9,15-16,18-20H2,1-4H3,(H2,40,41,49)/t24?,31-,32+/m0/s1. The Hall–Kier alpha value is -4.61. The lowest BCUT2D eigenvalue weighted by molar-refractivity contribution is 0.171. The van der Waals surface area contributed by atoms with Crippen LogP contribution >= 0.6 is 11.6 Å². The molecule has 4 heterocycles. The van der Waals surface area contributed by atoms with Crippen LogP contribution < -0.4 is 20.3 Å². The van der Waals surface area contributed by atoms with E-state index in [0.717, 1.165) is 71.2 Å². The molecule has 1 saturated heterocycles. The van der Waals surface area contributed by atoms with Crippen LogP contribution in [0, 0.1) is 0 Å². The van der Waals surface area contributed by atoms with E-state index in [4.69, 9.17) is 21.4 Å². The second-order valence-corrected chi connectivity index (χ2v) is 14.8. The number of urea groups is 1. The summed E-state index contributed by atoms with van der Waals surface area (Å²) in [6.07, 6.45) is 7.20. The highest BCUT2D eigenvalue weighted by molar-refractivity contribution is 6.31. The summed E-state index contributed by atoms with van der Waals surface area (Å²) < 4.78 is 10.4. The number of nitrogens with zero attached hydrogens (tertiary/aromatic N) is 6. The summed E-state index contributed by atoms with van der Waals surface area (Å²) in [7, 11) is 0. The molecule has 2 aliphatic rings. The molecule has 11 nitrogen and oxygen atoms in total. The van der Waals surface area contributed by atoms with Gasteiger partial charge in [0.05, 0.1) is 23.6 Å². The van der Waals surface area contributed by atoms with Gasteiger partial charge in [-0.25, -0.2) is 9.48 Å². The Balaban J connectivity index is 1.09. The van der Waals surface area contributed by atoms with Crippen molar-refractivity contribution in [3.63, 3.8) is 0 Å². The molecule has 3 N–H and O–H groups in total. The van der Waals surface area contributed by atoms with Gasteiger partial charge in [0.15, 0.2) is 5.65 Å². The molecule has 1 fully saturated rings. The summed E-state index contributed by atoms with van der Waals surface area (Å²) in [5.41, 5.74) is 5.01. The number of fused-ring (bicyclic) bond motifs is 2. The molecule has 1 unspecified atom stereocenters. The van der Waals surface area contributed by atoms with Crippen molar-refractivity contribution >= 4 is 35.0 Å². The lowest BCUT2D eigenvalue weighted by atomic mass is 9.85. The largest absolute Gasteiger partial charge is 0.484 e. The molecular weight excluding hydrogens is 652 g/mol. The predicted molar refractivity (Wildman–Crippen MR) is 196 cm³/mol. The number of rotatable bonds is 8. The fourth-order valence-electron chi connectivity index (χ4n) is 7.06. The van der Waals surface area contributed by atoms with E-state index in [0.29, 0.717) is 29.7 Å². The molecular formula is C38H45ClN8O3. The van der Waals surface area contributed by atoms with E-state index in [1.54, 1.807) is 10.7 Å². The van der Waals surface area contributed by atoms with Crippen molar-refractivity contribution in [1.29, 1.82) is 0 Å². The molecule has 1 aliphatic carbocycles. The van der Waals surface area contributed by atoms with Gasteiger partial charge in [0, 0.05) is 35.7 Å². The molecule has 1 aliphatic heterocycles. The zero-order chi connectivity index (χ0) is 35.0. The Morgan fingerprint density at radius 3 is 2.62 bits per heavy atom. The van der Waals surface area contributed by atoms with Gasteiger partial charge in [-0.15, -0.1) is 10.2 Å². The summed E-state index contributed by atoms with van der Waals surface area (Å²) in [4.78, 5) is 16.0. The van der Waals surface area contributed by atoms with Crippen LogP contribution in [0.25, 0.3) is 11.3 Å². The number of ether oxygens (including phenoxy) is 1. The molecule has 0 bridgehead atoms. The van der Waals surface area contributed by atoms with Crippen molar-refractivity contribution in [3.05, 3.63) is 94.3 Å². The first kappa shape index (κ1) is 33.9. The van der Waals surface area contributed by atoms with Gasteiger partial charge in [-0.3, -0.25) is 9.72 Å². The zero-order valence-electron chi connectivity index (χ0n) is 29.1. The summed E-state index contributed by atoms with van der Waals surface area (Å²) in [5.74, 6) is 2.15. The Kier molecular flexibility index (Phi) is 9.45. The zero-order valence-corrected chi connectivity index (χ0v) is 29.8. The number of aromatic nitrogens is 5. The van der Waals surface area contributed by atoms with Gasteiger partial charge in [-0.05, 0) is 92.5 Å². The number of pyridine rings is 1. The number of halogens is 1. The third kappa shape index (κ3) is 6.89. The quantitative estimate of drug-likeness (QED) is 0.153. The number of aliphatic hydroxyl groups excluding tert-OH is 1. The molecule has 7 rings (SSSR count). The summed E-state index contributed by atoms with van der Waals surface area (Å²) in [6, 6.07) is 19.4. The smallest absolute Gasteiger partial charge is 0.320 e. The first-order valence-electron chi connectivity index (χ1n) is 17.5. The average Bonchev–Trinajstić information content (AvgIpc) is 3.72.